The maximum absolute atomic E-state index is 13.2. The Labute approximate surface area is 263 Å². The minimum atomic E-state index is -3.01. The normalized spacial score (nSPS) is 19.7. The van der Waals surface area contributed by atoms with Crippen molar-refractivity contribution in [3.05, 3.63) is 143 Å². The van der Waals surface area contributed by atoms with Gasteiger partial charge in [0.15, 0.2) is 6.10 Å². The Bertz CT molecular complexity index is 1590. The summed E-state index contributed by atoms with van der Waals surface area (Å²) < 4.78 is 24.9. The molecule has 0 bridgehead atoms. The van der Waals surface area contributed by atoms with Gasteiger partial charge >= 0.3 is 11.9 Å². The molecular formula is C35H35N3O6Si. The van der Waals surface area contributed by atoms with Crippen molar-refractivity contribution < 1.29 is 28.2 Å². The fraction of sp³-hybridized carbons (Fsp3) is 0.257. The summed E-state index contributed by atoms with van der Waals surface area (Å²) in [6.45, 7) is 6.42. The van der Waals surface area contributed by atoms with Crippen molar-refractivity contribution in [1.29, 1.82) is 0 Å². The molecule has 0 spiro atoms. The zero-order chi connectivity index (χ0) is 31.9. The Morgan fingerprint density at radius 1 is 0.756 bits per heavy atom. The molecule has 0 amide bonds. The van der Waals surface area contributed by atoms with Crippen molar-refractivity contribution in [2.75, 3.05) is 6.61 Å². The molecule has 45 heavy (non-hydrogen) atoms. The van der Waals surface area contributed by atoms with E-state index >= 15 is 0 Å². The maximum Gasteiger partial charge on any atom is 0.340 e. The first kappa shape index (κ1) is 31.7. The van der Waals surface area contributed by atoms with Crippen molar-refractivity contribution in [2.45, 2.75) is 50.3 Å². The lowest BCUT2D eigenvalue weighted by Crippen LogP contribution is -2.67. The summed E-state index contributed by atoms with van der Waals surface area (Å²) in [6.07, 6.45) is -3.48. The molecule has 4 atom stereocenters. The number of rotatable bonds is 10. The summed E-state index contributed by atoms with van der Waals surface area (Å²) in [5.74, 6) is -1.34. The van der Waals surface area contributed by atoms with E-state index in [4.69, 9.17) is 18.6 Å². The van der Waals surface area contributed by atoms with Crippen molar-refractivity contribution in [2.24, 2.45) is 5.11 Å². The Balaban J connectivity index is 1.50. The fourth-order valence-corrected chi connectivity index (χ4v) is 10.3. The van der Waals surface area contributed by atoms with Crippen LogP contribution in [0.15, 0.2) is 126 Å². The number of carbonyl (C=O) groups is 2. The highest BCUT2D eigenvalue weighted by molar-refractivity contribution is 6.99. The number of ether oxygens (including phenoxy) is 3. The molecule has 1 aliphatic heterocycles. The molecule has 1 saturated heterocycles. The molecule has 1 heterocycles. The molecule has 230 valence electrons. The number of azide groups is 1. The van der Waals surface area contributed by atoms with Crippen LogP contribution in [0.3, 0.4) is 0 Å². The first-order chi connectivity index (χ1) is 21.7. The Morgan fingerprint density at radius 2 is 1.20 bits per heavy atom. The summed E-state index contributed by atoms with van der Waals surface area (Å²) in [5.41, 5.74) is 10.2. The van der Waals surface area contributed by atoms with E-state index in [1.54, 1.807) is 60.7 Å². The van der Waals surface area contributed by atoms with Gasteiger partial charge in [0.2, 0.25) is 6.29 Å². The molecule has 0 radical (unpaired) electrons. The minimum Gasteiger partial charge on any atom is -0.452 e. The second kappa shape index (κ2) is 13.9. The van der Waals surface area contributed by atoms with Crippen LogP contribution in [0.2, 0.25) is 5.04 Å². The van der Waals surface area contributed by atoms with Crippen LogP contribution in [-0.2, 0) is 18.6 Å². The fourth-order valence-electron chi connectivity index (χ4n) is 5.74. The van der Waals surface area contributed by atoms with E-state index < -0.39 is 44.8 Å². The number of hydrogen-bond donors (Lipinski definition) is 0. The lowest BCUT2D eigenvalue weighted by Gasteiger charge is -2.43. The van der Waals surface area contributed by atoms with E-state index in [-0.39, 0.29) is 17.2 Å². The number of benzene rings is 4. The zero-order valence-corrected chi connectivity index (χ0v) is 26.4. The molecule has 1 fully saturated rings. The summed E-state index contributed by atoms with van der Waals surface area (Å²) >= 11 is 0. The second-order valence-electron chi connectivity index (χ2n) is 11.7. The minimum absolute atomic E-state index is 0.0181. The quantitative estimate of drug-likeness (QED) is 0.0699. The van der Waals surface area contributed by atoms with Gasteiger partial charge in [0.1, 0.15) is 6.04 Å². The van der Waals surface area contributed by atoms with Gasteiger partial charge in [0.05, 0.1) is 23.8 Å². The molecule has 1 aliphatic rings. The van der Waals surface area contributed by atoms with Crippen LogP contribution in [0.5, 0.6) is 0 Å². The molecule has 10 heteroatoms. The van der Waals surface area contributed by atoms with E-state index in [2.05, 4.69) is 55.1 Å². The molecule has 4 aromatic carbocycles. The number of carbonyl (C=O) groups excluding carboxylic acids is 2. The number of nitrogens with zero attached hydrogens (tertiary/aromatic N) is 3. The van der Waals surface area contributed by atoms with Gasteiger partial charge in [-0.05, 0) is 45.2 Å². The average molecular weight is 622 g/mol. The highest BCUT2D eigenvalue weighted by Gasteiger charge is 2.54. The summed E-state index contributed by atoms with van der Waals surface area (Å²) in [5, 5.41) is 5.77. The van der Waals surface area contributed by atoms with Crippen molar-refractivity contribution in [3.63, 3.8) is 0 Å². The third-order valence-electron chi connectivity index (χ3n) is 7.85. The molecular weight excluding hydrogens is 586 g/mol. The predicted octanol–water partition coefficient (Wildman–Crippen LogP) is 6.05. The Kier molecular flexibility index (Phi) is 9.80. The standard InChI is InChI=1S/C35H35N3O6Si/c1-35(2,3)45(27-20-12-6-13-21-27,28-22-14-7-15-23-28)41-24-29-30(37-38-36)31(43-32(39)25-16-8-4-9-17-25)34(42-29)44-33(40)26-18-10-5-11-19-26/h4-23,29-31,34H,24H2,1-3H3/t29-,30-,31-,34?/m1/s1. The number of esters is 2. The van der Waals surface area contributed by atoms with Gasteiger partial charge in [-0.1, -0.05) is 123 Å². The Hall–Kier alpha value is -4.73. The van der Waals surface area contributed by atoms with Crippen LogP contribution in [-0.4, -0.2) is 51.4 Å². The maximum atomic E-state index is 13.2. The zero-order valence-electron chi connectivity index (χ0n) is 25.4. The van der Waals surface area contributed by atoms with Gasteiger partial charge in [-0.25, -0.2) is 9.59 Å². The molecule has 0 aromatic heterocycles. The Morgan fingerprint density at radius 3 is 1.64 bits per heavy atom. The molecule has 5 rings (SSSR count). The van der Waals surface area contributed by atoms with Crippen LogP contribution in [0.1, 0.15) is 41.5 Å². The van der Waals surface area contributed by atoms with Crippen LogP contribution < -0.4 is 10.4 Å². The van der Waals surface area contributed by atoms with Crippen molar-refractivity contribution in [1.82, 2.24) is 0 Å². The molecule has 1 unspecified atom stereocenters. The topological polar surface area (TPSA) is 120 Å². The summed E-state index contributed by atoms with van der Waals surface area (Å²) in [4.78, 5) is 29.4. The first-order valence-electron chi connectivity index (χ1n) is 14.7. The van der Waals surface area contributed by atoms with Crippen LogP contribution in [0.4, 0.5) is 0 Å². The van der Waals surface area contributed by atoms with Gasteiger partial charge in [0.25, 0.3) is 8.32 Å². The third-order valence-corrected chi connectivity index (χ3v) is 12.9. The molecule has 0 saturated carbocycles. The van der Waals surface area contributed by atoms with E-state index in [0.29, 0.717) is 5.56 Å². The van der Waals surface area contributed by atoms with Gasteiger partial charge in [-0.2, -0.15) is 0 Å². The lowest BCUT2D eigenvalue weighted by molar-refractivity contribution is -0.140. The van der Waals surface area contributed by atoms with E-state index in [9.17, 15) is 15.1 Å². The average Bonchev–Trinajstić information content (AvgIpc) is 3.37. The first-order valence-corrected chi connectivity index (χ1v) is 16.6. The van der Waals surface area contributed by atoms with E-state index in [1.807, 2.05) is 36.4 Å². The molecule has 4 aromatic rings. The monoisotopic (exact) mass is 621 g/mol. The molecule has 0 aliphatic carbocycles. The second-order valence-corrected chi connectivity index (χ2v) is 16.0. The van der Waals surface area contributed by atoms with Gasteiger partial charge in [-0.15, -0.1) is 0 Å². The molecule has 9 nitrogen and oxygen atoms in total. The van der Waals surface area contributed by atoms with Crippen molar-refractivity contribution in [3.8, 4) is 0 Å². The largest absolute Gasteiger partial charge is 0.452 e. The van der Waals surface area contributed by atoms with Crippen LogP contribution in [0.25, 0.3) is 10.4 Å². The smallest absolute Gasteiger partial charge is 0.340 e. The SMILES string of the molecule is CC(C)(C)[Si](OC[C@H]1OC(OC(=O)c2ccccc2)[C@H](OC(=O)c2ccccc2)[C@@H]1N=[N+]=[N-])(c1ccccc1)c1ccccc1. The van der Waals surface area contributed by atoms with E-state index in [0.717, 1.165) is 10.4 Å². The van der Waals surface area contributed by atoms with Crippen molar-refractivity contribution >= 4 is 30.6 Å². The van der Waals surface area contributed by atoms with Crippen LogP contribution in [0, 0.1) is 0 Å². The molecule has 0 N–H and O–H groups in total. The van der Waals surface area contributed by atoms with Crippen LogP contribution >= 0.6 is 0 Å². The summed E-state index contributed by atoms with van der Waals surface area (Å²) in [7, 11) is -3.01. The number of hydrogen-bond acceptors (Lipinski definition) is 7. The van der Waals surface area contributed by atoms with Gasteiger partial charge in [0, 0.05) is 4.91 Å². The predicted molar refractivity (Wildman–Crippen MR) is 173 cm³/mol. The van der Waals surface area contributed by atoms with Gasteiger partial charge < -0.3 is 18.6 Å². The van der Waals surface area contributed by atoms with Gasteiger partial charge in [-0.3, -0.25) is 0 Å². The summed E-state index contributed by atoms with van der Waals surface area (Å²) in [6, 6.07) is 35.9. The van der Waals surface area contributed by atoms with E-state index in [1.165, 1.54) is 0 Å². The third kappa shape index (κ3) is 6.84. The highest BCUT2D eigenvalue weighted by Crippen LogP contribution is 2.38. The lowest BCUT2D eigenvalue weighted by atomic mass is 10.1. The highest BCUT2D eigenvalue weighted by atomic mass is 28.4.